The van der Waals surface area contributed by atoms with Crippen LogP contribution in [0.5, 0.6) is 0 Å². The summed E-state index contributed by atoms with van der Waals surface area (Å²) < 4.78 is 71.2. The Bertz CT molecular complexity index is 524. The smallest absolute Gasteiger partial charge is 0.157 e. The molecule has 43 heavy (non-hydrogen) atoms. The average Bonchev–Trinajstić information content (AvgIpc) is 3.01. The molecule has 1 rings (SSSR count). The molecule has 0 saturated carbocycles. The van der Waals surface area contributed by atoms with E-state index in [0.717, 1.165) is 19.4 Å². The van der Waals surface area contributed by atoms with Crippen molar-refractivity contribution in [3.8, 4) is 0 Å². The molecule has 0 amide bonds. The second-order valence-electron chi connectivity index (χ2n) is 9.71. The van der Waals surface area contributed by atoms with E-state index in [0.29, 0.717) is 145 Å². The average molecular weight is 629 g/mol. The van der Waals surface area contributed by atoms with Crippen LogP contribution in [0.3, 0.4) is 0 Å². The van der Waals surface area contributed by atoms with Crippen LogP contribution in [0, 0.1) is 0 Å². The van der Waals surface area contributed by atoms with Crippen LogP contribution < -0.4 is 0 Å². The fraction of sp³-hybridized carbons (Fsp3) is 1.00. The first-order valence-electron chi connectivity index (χ1n) is 15.9. The van der Waals surface area contributed by atoms with E-state index in [1.165, 1.54) is 6.42 Å². The lowest BCUT2D eigenvalue weighted by molar-refractivity contribution is -0.169. The Kier molecular flexibility index (Phi) is 32.4. The van der Waals surface area contributed by atoms with Crippen LogP contribution in [0.2, 0.25) is 0 Å². The van der Waals surface area contributed by atoms with Crippen molar-refractivity contribution in [3.63, 3.8) is 0 Å². The minimum Gasteiger partial charge on any atom is -0.377 e. The van der Waals surface area contributed by atoms with Crippen LogP contribution in [0.15, 0.2) is 0 Å². The van der Waals surface area contributed by atoms with Crippen LogP contribution in [-0.4, -0.2) is 164 Å². The molecule has 0 aliphatic carbocycles. The van der Waals surface area contributed by atoms with Gasteiger partial charge in [-0.05, 0) is 33.1 Å². The summed E-state index contributed by atoms with van der Waals surface area (Å²) in [5.41, 5.74) is 0. The van der Waals surface area contributed by atoms with Gasteiger partial charge in [0, 0.05) is 6.61 Å². The minimum atomic E-state index is -0.0638. The van der Waals surface area contributed by atoms with Crippen LogP contribution >= 0.6 is 0 Å². The highest BCUT2D eigenvalue weighted by Gasteiger charge is 2.13. The van der Waals surface area contributed by atoms with E-state index >= 15 is 0 Å². The van der Waals surface area contributed by atoms with Gasteiger partial charge in [0.1, 0.15) is 0 Å². The predicted octanol–water partition coefficient (Wildman–Crippen LogP) is 2.12. The maximum Gasteiger partial charge on any atom is 0.157 e. The quantitative estimate of drug-likeness (QED) is 0.0954. The van der Waals surface area contributed by atoms with E-state index in [-0.39, 0.29) is 12.4 Å². The standard InChI is InChI=1S/C30H60O13/c1-29(2)41-27-25-39-23-21-37-19-17-35-15-13-33-11-9-31-7-8-32-10-12-34-14-16-36-18-20-38-22-24-40-26-28-43-30-5-3-4-6-42-30/h29-30H,3-28H2,1-2H3. The van der Waals surface area contributed by atoms with Gasteiger partial charge in [0.15, 0.2) is 6.29 Å². The van der Waals surface area contributed by atoms with Crippen molar-refractivity contribution in [2.75, 3.05) is 152 Å². The Labute approximate surface area is 259 Å². The van der Waals surface area contributed by atoms with Gasteiger partial charge in [0.05, 0.1) is 151 Å². The van der Waals surface area contributed by atoms with E-state index in [1.807, 2.05) is 13.8 Å². The van der Waals surface area contributed by atoms with E-state index in [2.05, 4.69) is 0 Å². The van der Waals surface area contributed by atoms with Gasteiger partial charge in [-0.3, -0.25) is 0 Å². The maximum atomic E-state index is 5.61. The highest BCUT2D eigenvalue weighted by molar-refractivity contribution is 4.53. The summed E-state index contributed by atoms with van der Waals surface area (Å²) in [6.45, 7) is 16.6. The molecule has 0 radical (unpaired) electrons. The fourth-order valence-electron chi connectivity index (χ4n) is 3.51. The van der Waals surface area contributed by atoms with Crippen molar-refractivity contribution in [3.05, 3.63) is 0 Å². The van der Waals surface area contributed by atoms with Gasteiger partial charge >= 0.3 is 0 Å². The molecule has 1 saturated heterocycles. The van der Waals surface area contributed by atoms with Gasteiger partial charge in [0.25, 0.3) is 0 Å². The van der Waals surface area contributed by atoms with Crippen molar-refractivity contribution in [2.24, 2.45) is 0 Å². The summed E-state index contributed by atoms with van der Waals surface area (Å²) in [6, 6.07) is 0. The summed E-state index contributed by atoms with van der Waals surface area (Å²) in [4.78, 5) is 0. The molecule has 1 aliphatic rings. The Morgan fingerprint density at radius 3 is 1.00 bits per heavy atom. The lowest BCUT2D eigenvalue weighted by atomic mass is 10.2. The third-order valence-electron chi connectivity index (χ3n) is 5.70. The number of ether oxygens (including phenoxy) is 13. The molecular formula is C30H60O13. The lowest BCUT2D eigenvalue weighted by Gasteiger charge is -2.22. The van der Waals surface area contributed by atoms with Crippen LogP contribution in [-0.2, 0) is 61.6 Å². The van der Waals surface area contributed by atoms with E-state index < -0.39 is 0 Å². The second-order valence-corrected chi connectivity index (χ2v) is 9.71. The molecule has 0 N–H and O–H groups in total. The van der Waals surface area contributed by atoms with Crippen molar-refractivity contribution in [1.29, 1.82) is 0 Å². The first-order valence-corrected chi connectivity index (χ1v) is 15.9. The largest absolute Gasteiger partial charge is 0.377 e. The lowest BCUT2D eigenvalue weighted by Crippen LogP contribution is -2.24. The van der Waals surface area contributed by atoms with Gasteiger partial charge in [0.2, 0.25) is 0 Å². The third-order valence-corrected chi connectivity index (χ3v) is 5.70. The molecule has 1 fully saturated rings. The molecule has 258 valence electrons. The van der Waals surface area contributed by atoms with Crippen LogP contribution in [0.1, 0.15) is 33.1 Å². The topological polar surface area (TPSA) is 120 Å². The Balaban J connectivity index is 1.60. The normalized spacial score (nSPS) is 15.6. The molecule has 1 aliphatic heterocycles. The molecule has 13 heteroatoms. The zero-order valence-electron chi connectivity index (χ0n) is 26.8. The summed E-state index contributed by atoms with van der Waals surface area (Å²) in [6.07, 6.45) is 3.43. The van der Waals surface area contributed by atoms with Crippen molar-refractivity contribution in [2.45, 2.75) is 45.5 Å². The van der Waals surface area contributed by atoms with Crippen LogP contribution in [0.25, 0.3) is 0 Å². The molecule has 13 nitrogen and oxygen atoms in total. The van der Waals surface area contributed by atoms with Crippen molar-refractivity contribution >= 4 is 0 Å². The fourth-order valence-corrected chi connectivity index (χ4v) is 3.51. The zero-order chi connectivity index (χ0) is 30.7. The SMILES string of the molecule is CC(C)OCCOCCOCCOCCOCCOCCOCCOCCOCCOCCOCCOC1CCCCO1. The third kappa shape index (κ3) is 32.7. The zero-order valence-corrected chi connectivity index (χ0v) is 26.8. The molecule has 0 spiro atoms. The molecule has 1 unspecified atom stereocenters. The van der Waals surface area contributed by atoms with Gasteiger partial charge in [-0.1, -0.05) is 0 Å². The van der Waals surface area contributed by atoms with E-state index in [1.54, 1.807) is 0 Å². The summed E-state index contributed by atoms with van der Waals surface area (Å²) in [5.74, 6) is 0. The number of rotatable bonds is 35. The predicted molar refractivity (Wildman–Crippen MR) is 159 cm³/mol. The minimum absolute atomic E-state index is 0.0638. The summed E-state index contributed by atoms with van der Waals surface area (Å²) in [7, 11) is 0. The number of hydrogen-bond acceptors (Lipinski definition) is 13. The molecule has 0 aromatic rings. The van der Waals surface area contributed by atoms with Gasteiger partial charge in [-0.15, -0.1) is 0 Å². The van der Waals surface area contributed by atoms with Crippen LogP contribution in [0.4, 0.5) is 0 Å². The molecule has 0 aromatic heterocycles. The molecular weight excluding hydrogens is 568 g/mol. The first-order chi connectivity index (χ1) is 21.3. The van der Waals surface area contributed by atoms with Gasteiger partial charge in [-0.2, -0.15) is 0 Å². The van der Waals surface area contributed by atoms with Gasteiger partial charge < -0.3 is 61.6 Å². The molecule has 1 heterocycles. The van der Waals surface area contributed by atoms with E-state index in [9.17, 15) is 0 Å². The molecule has 1 atom stereocenters. The molecule has 0 bridgehead atoms. The Morgan fingerprint density at radius 2 is 0.721 bits per heavy atom. The maximum absolute atomic E-state index is 5.61. The monoisotopic (exact) mass is 628 g/mol. The second kappa shape index (κ2) is 34.4. The summed E-state index contributed by atoms with van der Waals surface area (Å²) >= 11 is 0. The van der Waals surface area contributed by atoms with Gasteiger partial charge in [-0.25, -0.2) is 0 Å². The number of hydrogen-bond donors (Lipinski definition) is 0. The Hall–Kier alpha value is -0.520. The highest BCUT2D eigenvalue weighted by Crippen LogP contribution is 2.13. The Morgan fingerprint density at radius 1 is 0.419 bits per heavy atom. The van der Waals surface area contributed by atoms with Crippen molar-refractivity contribution < 1.29 is 61.6 Å². The first kappa shape index (κ1) is 40.5. The molecule has 0 aromatic carbocycles. The van der Waals surface area contributed by atoms with Crippen molar-refractivity contribution in [1.82, 2.24) is 0 Å². The summed E-state index contributed by atoms with van der Waals surface area (Å²) in [5, 5.41) is 0. The van der Waals surface area contributed by atoms with E-state index in [4.69, 9.17) is 61.6 Å². The highest BCUT2D eigenvalue weighted by atomic mass is 16.7.